The van der Waals surface area contributed by atoms with Crippen molar-refractivity contribution in [1.29, 1.82) is 0 Å². The Bertz CT molecular complexity index is 371. The molecule has 0 fully saturated rings. The number of hydrogen-bond acceptors (Lipinski definition) is 1. The van der Waals surface area contributed by atoms with E-state index >= 15 is 0 Å². The highest BCUT2D eigenvalue weighted by Gasteiger charge is 2.17. The number of rotatable bonds is 0. The van der Waals surface area contributed by atoms with E-state index in [0.717, 1.165) is 6.07 Å². The van der Waals surface area contributed by atoms with Gasteiger partial charge in [-0.1, -0.05) is 6.58 Å². The van der Waals surface area contributed by atoms with Crippen LogP contribution < -0.4 is 5.32 Å². The van der Waals surface area contributed by atoms with Crippen molar-refractivity contribution in [3.63, 3.8) is 0 Å². The monoisotopic (exact) mass is 181 g/mol. The Morgan fingerprint density at radius 1 is 1.31 bits per heavy atom. The first-order valence-corrected chi connectivity index (χ1v) is 4.09. The number of hydrogen-bond donors (Lipinski definition) is 1. The molecule has 0 aliphatic carbocycles. The van der Waals surface area contributed by atoms with Gasteiger partial charge in [-0.05, 0) is 18.1 Å². The lowest BCUT2D eigenvalue weighted by Crippen LogP contribution is -2.23. The number of nitrogens with one attached hydrogen (secondary N) is 1. The summed E-state index contributed by atoms with van der Waals surface area (Å²) in [5, 5.41) is 2.94. The van der Waals surface area contributed by atoms with Crippen LogP contribution in [0, 0.1) is 11.6 Å². The van der Waals surface area contributed by atoms with Gasteiger partial charge in [-0.2, -0.15) is 0 Å². The summed E-state index contributed by atoms with van der Waals surface area (Å²) in [5.74, 6) is -1.06. The largest absolute Gasteiger partial charge is 0.385 e. The van der Waals surface area contributed by atoms with Crippen LogP contribution in [0.3, 0.4) is 0 Å². The molecule has 1 aromatic carbocycles. The van der Waals surface area contributed by atoms with Crippen molar-refractivity contribution in [3.05, 3.63) is 41.5 Å². The average Bonchev–Trinajstić information content (AvgIpc) is 2.02. The van der Waals surface area contributed by atoms with Crippen molar-refractivity contribution in [2.24, 2.45) is 0 Å². The minimum Gasteiger partial charge on any atom is -0.385 e. The van der Waals surface area contributed by atoms with E-state index in [-0.39, 0.29) is 0 Å². The zero-order valence-electron chi connectivity index (χ0n) is 7.03. The van der Waals surface area contributed by atoms with Crippen LogP contribution in [0.2, 0.25) is 0 Å². The van der Waals surface area contributed by atoms with Gasteiger partial charge in [0.1, 0.15) is 11.6 Å². The molecule has 0 saturated carbocycles. The predicted molar refractivity (Wildman–Crippen MR) is 47.1 cm³/mol. The second kappa shape index (κ2) is 2.83. The van der Waals surface area contributed by atoms with Crippen LogP contribution in [-0.2, 0) is 6.42 Å². The van der Waals surface area contributed by atoms with Gasteiger partial charge in [0, 0.05) is 23.9 Å². The van der Waals surface area contributed by atoms with Crippen LogP contribution in [0.4, 0.5) is 8.78 Å². The molecule has 3 heteroatoms. The van der Waals surface area contributed by atoms with Crippen molar-refractivity contribution < 1.29 is 8.78 Å². The van der Waals surface area contributed by atoms with Gasteiger partial charge in [-0.15, -0.1) is 0 Å². The normalized spacial score (nSPS) is 15.1. The van der Waals surface area contributed by atoms with Gasteiger partial charge < -0.3 is 5.32 Å². The van der Waals surface area contributed by atoms with Gasteiger partial charge in [-0.25, -0.2) is 8.78 Å². The highest BCUT2D eigenvalue weighted by atomic mass is 19.1. The van der Waals surface area contributed by atoms with E-state index in [4.69, 9.17) is 0 Å². The van der Waals surface area contributed by atoms with Crippen LogP contribution in [0.1, 0.15) is 11.1 Å². The molecule has 0 radical (unpaired) electrons. The summed E-state index contributed by atoms with van der Waals surface area (Å²) in [6, 6.07) is 2.25. The van der Waals surface area contributed by atoms with Crippen molar-refractivity contribution in [2.75, 3.05) is 6.54 Å². The molecular formula is C10H9F2N. The lowest BCUT2D eigenvalue weighted by atomic mass is 9.98. The van der Waals surface area contributed by atoms with Crippen LogP contribution >= 0.6 is 0 Å². The molecule has 68 valence electrons. The lowest BCUT2D eigenvalue weighted by molar-refractivity contribution is 0.572. The van der Waals surface area contributed by atoms with Gasteiger partial charge in [0.25, 0.3) is 0 Å². The molecule has 0 amide bonds. The van der Waals surface area contributed by atoms with Gasteiger partial charge >= 0.3 is 0 Å². The first-order chi connectivity index (χ1) is 6.18. The molecular weight excluding hydrogens is 172 g/mol. The van der Waals surface area contributed by atoms with Crippen molar-refractivity contribution in [2.45, 2.75) is 6.42 Å². The van der Waals surface area contributed by atoms with Gasteiger partial charge in [0.15, 0.2) is 0 Å². The molecule has 0 saturated heterocycles. The summed E-state index contributed by atoms with van der Waals surface area (Å²) in [6.07, 6.45) is 0.642. The zero-order valence-corrected chi connectivity index (χ0v) is 7.03. The zero-order chi connectivity index (χ0) is 9.42. The number of fused-ring (bicyclic) bond motifs is 1. The molecule has 1 N–H and O–H groups in total. The molecule has 0 unspecified atom stereocenters. The smallest absolute Gasteiger partial charge is 0.135 e. The summed E-state index contributed by atoms with van der Waals surface area (Å²) in [5.41, 5.74) is 1.66. The molecule has 13 heavy (non-hydrogen) atoms. The third-order valence-electron chi connectivity index (χ3n) is 2.17. The Balaban J connectivity index is 2.63. The minimum absolute atomic E-state index is 0.424. The quantitative estimate of drug-likeness (QED) is 0.646. The van der Waals surface area contributed by atoms with Gasteiger partial charge in [-0.3, -0.25) is 0 Å². The van der Waals surface area contributed by atoms with E-state index in [1.807, 2.05) is 0 Å². The predicted octanol–water partition coefficient (Wildman–Crippen LogP) is 2.08. The SMILES string of the molecule is C=C1NCCc2cc(F)cc(F)c21. The topological polar surface area (TPSA) is 12.0 Å². The van der Waals surface area contributed by atoms with Crippen LogP contribution in [0.25, 0.3) is 5.70 Å². The van der Waals surface area contributed by atoms with E-state index < -0.39 is 11.6 Å². The summed E-state index contributed by atoms with van der Waals surface area (Å²) in [6.45, 7) is 4.36. The second-order valence-corrected chi connectivity index (χ2v) is 3.08. The third-order valence-corrected chi connectivity index (χ3v) is 2.17. The fourth-order valence-electron chi connectivity index (χ4n) is 1.60. The first kappa shape index (κ1) is 8.23. The Morgan fingerprint density at radius 3 is 2.85 bits per heavy atom. The fourth-order valence-corrected chi connectivity index (χ4v) is 1.60. The summed E-state index contributed by atoms with van der Waals surface area (Å²) in [4.78, 5) is 0. The molecule has 1 aromatic rings. The molecule has 0 spiro atoms. The number of benzene rings is 1. The molecule has 2 rings (SSSR count). The molecule has 1 heterocycles. The van der Waals surface area contributed by atoms with Crippen molar-refractivity contribution >= 4 is 5.70 Å². The van der Waals surface area contributed by atoms with Gasteiger partial charge in [0.2, 0.25) is 0 Å². The summed E-state index contributed by atoms with van der Waals surface area (Å²) in [7, 11) is 0. The lowest BCUT2D eigenvalue weighted by Gasteiger charge is -2.20. The molecule has 0 atom stereocenters. The Labute approximate surface area is 75.1 Å². The maximum Gasteiger partial charge on any atom is 0.135 e. The van der Waals surface area contributed by atoms with Crippen LogP contribution in [-0.4, -0.2) is 6.54 Å². The van der Waals surface area contributed by atoms with Crippen LogP contribution in [0.5, 0.6) is 0 Å². The Hall–Kier alpha value is -1.38. The fraction of sp³-hybridized carbons (Fsp3) is 0.200. The standard InChI is InChI=1S/C10H9F2N/c1-6-10-7(2-3-13-6)4-8(11)5-9(10)12/h4-5,13H,1-3H2. The summed E-state index contributed by atoms with van der Waals surface area (Å²) >= 11 is 0. The van der Waals surface area contributed by atoms with Crippen molar-refractivity contribution in [1.82, 2.24) is 5.32 Å². The third kappa shape index (κ3) is 1.30. The van der Waals surface area contributed by atoms with Crippen molar-refractivity contribution in [3.8, 4) is 0 Å². The molecule has 1 aliphatic heterocycles. The second-order valence-electron chi connectivity index (χ2n) is 3.08. The van der Waals surface area contributed by atoms with E-state index in [9.17, 15) is 8.78 Å². The Kier molecular flexibility index (Phi) is 1.79. The van der Waals surface area contributed by atoms with E-state index in [1.54, 1.807) is 0 Å². The van der Waals surface area contributed by atoms with Gasteiger partial charge in [0.05, 0.1) is 0 Å². The molecule has 1 aliphatic rings. The van der Waals surface area contributed by atoms with E-state index in [1.165, 1.54) is 6.07 Å². The number of halogens is 2. The Morgan fingerprint density at radius 2 is 2.08 bits per heavy atom. The highest BCUT2D eigenvalue weighted by molar-refractivity contribution is 5.67. The minimum atomic E-state index is -0.535. The first-order valence-electron chi connectivity index (χ1n) is 4.09. The maximum atomic E-state index is 13.2. The van der Waals surface area contributed by atoms with Crippen LogP contribution in [0.15, 0.2) is 18.7 Å². The van der Waals surface area contributed by atoms with E-state index in [0.29, 0.717) is 29.8 Å². The maximum absolute atomic E-state index is 13.2. The highest BCUT2D eigenvalue weighted by Crippen LogP contribution is 2.24. The molecule has 0 aromatic heterocycles. The molecule has 1 nitrogen and oxygen atoms in total. The average molecular weight is 181 g/mol. The summed E-state index contributed by atoms with van der Waals surface area (Å²) < 4.78 is 26.0. The molecule has 0 bridgehead atoms. The van der Waals surface area contributed by atoms with E-state index in [2.05, 4.69) is 11.9 Å².